The molecule has 3 rings (SSSR count). The molecule has 1 aliphatic rings. The van der Waals surface area contributed by atoms with Gasteiger partial charge < -0.3 is 5.11 Å². The maximum Gasteiger partial charge on any atom is 0.0802 e. The van der Waals surface area contributed by atoms with Crippen LogP contribution in [0.4, 0.5) is 0 Å². The molecular weight excluding hydrogens is 232 g/mol. The quantitative estimate of drug-likeness (QED) is 0.807. The second-order valence-electron chi connectivity index (χ2n) is 4.49. The van der Waals surface area contributed by atoms with Gasteiger partial charge in [0.2, 0.25) is 0 Å². The molecule has 0 bridgehead atoms. The first-order valence-electron chi connectivity index (χ1n) is 5.78. The Morgan fingerprint density at radius 3 is 2.53 bits per heavy atom. The van der Waals surface area contributed by atoms with Crippen molar-refractivity contribution in [3.63, 3.8) is 0 Å². The van der Waals surface area contributed by atoms with Crippen molar-refractivity contribution in [3.8, 4) is 0 Å². The number of fused-ring (bicyclic) bond motifs is 1. The molecule has 2 aromatic rings. The molecule has 0 saturated carbocycles. The van der Waals surface area contributed by atoms with Crippen LogP contribution in [0.25, 0.3) is 0 Å². The zero-order valence-electron chi connectivity index (χ0n) is 9.31. The SMILES string of the molecule is OC1C[C@@H](c2ccccc2)c2ccc(Cl)cc21. The molecule has 2 heteroatoms. The average Bonchev–Trinajstić information content (AvgIpc) is 2.68. The van der Waals surface area contributed by atoms with E-state index in [1.54, 1.807) is 0 Å². The van der Waals surface area contributed by atoms with Gasteiger partial charge in [0, 0.05) is 10.9 Å². The summed E-state index contributed by atoms with van der Waals surface area (Å²) >= 11 is 5.97. The van der Waals surface area contributed by atoms with Gasteiger partial charge in [-0.2, -0.15) is 0 Å². The summed E-state index contributed by atoms with van der Waals surface area (Å²) in [5, 5.41) is 10.8. The molecule has 1 aliphatic carbocycles. The topological polar surface area (TPSA) is 20.2 Å². The fraction of sp³-hybridized carbons (Fsp3) is 0.200. The van der Waals surface area contributed by atoms with E-state index in [2.05, 4.69) is 12.1 Å². The van der Waals surface area contributed by atoms with Crippen LogP contribution < -0.4 is 0 Å². The fourth-order valence-corrected chi connectivity index (χ4v) is 2.81. The van der Waals surface area contributed by atoms with Crippen molar-refractivity contribution in [1.82, 2.24) is 0 Å². The lowest BCUT2D eigenvalue weighted by Gasteiger charge is -2.11. The molecule has 17 heavy (non-hydrogen) atoms. The fourth-order valence-electron chi connectivity index (χ4n) is 2.63. The molecule has 0 saturated heterocycles. The first-order chi connectivity index (χ1) is 8.25. The van der Waals surface area contributed by atoms with Gasteiger partial charge in [-0.1, -0.05) is 48.0 Å². The minimum atomic E-state index is -0.395. The van der Waals surface area contributed by atoms with Gasteiger partial charge in [0.05, 0.1) is 6.10 Å². The van der Waals surface area contributed by atoms with Gasteiger partial charge >= 0.3 is 0 Å². The van der Waals surface area contributed by atoms with Crippen LogP contribution in [0.5, 0.6) is 0 Å². The molecule has 0 aromatic heterocycles. The minimum absolute atomic E-state index is 0.290. The van der Waals surface area contributed by atoms with Crippen LogP contribution in [-0.4, -0.2) is 5.11 Å². The van der Waals surface area contributed by atoms with Gasteiger partial charge in [0.25, 0.3) is 0 Å². The maximum atomic E-state index is 10.1. The van der Waals surface area contributed by atoms with Crippen molar-refractivity contribution in [2.75, 3.05) is 0 Å². The Bertz CT molecular complexity index is 536. The predicted molar refractivity (Wildman–Crippen MR) is 69.3 cm³/mol. The highest BCUT2D eigenvalue weighted by Gasteiger charge is 2.30. The van der Waals surface area contributed by atoms with Gasteiger partial charge in [0.1, 0.15) is 0 Å². The molecule has 86 valence electrons. The number of aliphatic hydroxyl groups is 1. The summed E-state index contributed by atoms with van der Waals surface area (Å²) in [6, 6.07) is 16.1. The lowest BCUT2D eigenvalue weighted by Crippen LogP contribution is -1.95. The van der Waals surface area contributed by atoms with E-state index in [1.807, 2.05) is 36.4 Å². The third-order valence-electron chi connectivity index (χ3n) is 3.44. The summed E-state index contributed by atoms with van der Waals surface area (Å²) < 4.78 is 0. The summed E-state index contributed by atoms with van der Waals surface area (Å²) in [4.78, 5) is 0. The minimum Gasteiger partial charge on any atom is -0.388 e. The van der Waals surface area contributed by atoms with E-state index in [1.165, 1.54) is 11.1 Å². The summed E-state index contributed by atoms with van der Waals surface area (Å²) in [5.41, 5.74) is 3.44. The molecule has 0 fully saturated rings. The Kier molecular flexibility index (Phi) is 2.65. The van der Waals surface area contributed by atoms with Crippen molar-refractivity contribution in [2.24, 2.45) is 0 Å². The molecule has 0 heterocycles. The van der Waals surface area contributed by atoms with Crippen LogP contribution in [0, 0.1) is 0 Å². The Labute approximate surface area is 106 Å². The van der Waals surface area contributed by atoms with Crippen LogP contribution in [0.2, 0.25) is 5.02 Å². The average molecular weight is 245 g/mol. The van der Waals surface area contributed by atoms with Gasteiger partial charge in [-0.25, -0.2) is 0 Å². The Hall–Kier alpha value is -1.31. The molecule has 2 atom stereocenters. The van der Waals surface area contributed by atoms with E-state index in [0.29, 0.717) is 10.9 Å². The normalized spacial score (nSPS) is 22.5. The smallest absolute Gasteiger partial charge is 0.0802 e. The number of hydrogen-bond acceptors (Lipinski definition) is 1. The first-order valence-corrected chi connectivity index (χ1v) is 6.16. The Morgan fingerprint density at radius 1 is 1.00 bits per heavy atom. The largest absolute Gasteiger partial charge is 0.388 e. The molecule has 2 aromatic carbocycles. The molecular formula is C15H13ClO. The lowest BCUT2D eigenvalue weighted by atomic mass is 9.93. The number of aliphatic hydroxyl groups excluding tert-OH is 1. The number of rotatable bonds is 1. The van der Waals surface area contributed by atoms with E-state index < -0.39 is 6.10 Å². The highest BCUT2D eigenvalue weighted by atomic mass is 35.5. The predicted octanol–water partition coefficient (Wildman–Crippen LogP) is 3.91. The Balaban J connectivity index is 2.08. The van der Waals surface area contributed by atoms with Gasteiger partial charge in [0.15, 0.2) is 0 Å². The zero-order valence-corrected chi connectivity index (χ0v) is 10.1. The number of halogens is 1. The van der Waals surface area contributed by atoms with Crippen LogP contribution in [0.1, 0.15) is 35.1 Å². The second kappa shape index (κ2) is 4.17. The summed E-state index contributed by atoms with van der Waals surface area (Å²) in [6.45, 7) is 0. The van der Waals surface area contributed by atoms with Crippen molar-refractivity contribution in [3.05, 3.63) is 70.2 Å². The molecule has 0 radical (unpaired) electrons. The number of hydrogen-bond donors (Lipinski definition) is 1. The standard InChI is InChI=1S/C15H13ClO/c16-11-6-7-12-13(9-15(17)14(12)8-11)10-4-2-1-3-5-10/h1-8,13,15,17H,9H2/t13-,15?/m0/s1. The van der Waals surface area contributed by atoms with E-state index in [9.17, 15) is 5.11 Å². The van der Waals surface area contributed by atoms with Crippen LogP contribution >= 0.6 is 11.6 Å². The van der Waals surface area contributed by atoms with E-state index in [0.717, 1.165) is 12.0 Å². The summed E-state index contributed by atoms with van der Waals surface area (Å²) in [6.07, 6.45) is 0.355. The Morgan fingerprint density at radius 2 is 1.76 bits per heavy atom. The van der Waals surface area contributed by atoms with Gasteiger partial charge in [-0.3, -0.25) is 0 Å². The van der Waals surface area contributed by atoms with E-state index in [-0.39, 0.29) is 0 Å². The van der Waals surface area contributed by atoms with Crippen LogP contribution in [0.3, 0.4) is 0 Å². The first kappa shape index (κ1) is 10.8. The molecule has 0 amide bonds. The van der Waals surface area contributed by atoms with Crippen molar-refractivity contribution in [1.29, 1.82) is 0 Å². The third-order valence-corrected chi connectivity index (χ3v) is 3.68. The molecule has 0 spiro atoms. The molecule has 1 nitrogen and oxygen atoms in total. The highest BCUT2D eigenvalue weighted by molar-refractivity contribution is 6.30. The molecule has 0 aliphatic heterocycles. The zero-order chi connectivity index (χ0) is 11.8. The van der Waals surface area contributed by atoms with E-state index >= 15 is 0 Å². The lowest BCUT2D eigenvalue weighted by molar-refractivity contribution is 0.176. The second-order valence-corrected chi connectivity index (χ2v) is 4.92. The summed E-state index contributed by atoms with van der Waals surface area (Å²) in [7, 11) is 0. The van der Waals surface area contributed by atoms with Crippen molar-refractivity contribution in [2.45, 2.75) is 18.4 Å². The van der Waals surface area contributed by atoms with E-state index in [4.69, 9.17) is 11.6 Å². The highest BCUT2D eigenvalue weighted by Crippen LogP contribution is 2.44. The van der Waals surface area contributed by atoms with Crippen LogP contribution in [0.15, 0.2) is 48.5 Å². The van der Waals surface area contributed by atoms with Gasteiger partial charge in [-0.05, 0) is 35.2 Å². The monoisotopic (exact) mass is 244 g/mol. The van der Waals surface area contributed by atoms with Crippen molar-refractivity contribution >= 4 is 11.6 Å². The number of benzene rings is 2. The summed E-state index contributed by atoms with van der Waals surface area (Å²) in [5.74, 6) is 0.290. The maximum absolute atomic E-state index is 10.1. The van der Waals surface area contributed by atoms with Crippen molar-refractivity contribution < 1.29 is 5.11 Å². The third kappa shape index (κ3) is 1.86. The van der Waals surface area contributed by atoms with Gasteiger partial charge in [-0.15, -0.1) is 0 Å². The molecule has 1 unspecified atom stereocenters. The molecule has 1 N–H and O–H groups in total. The van der Waals surface area contributed by atoms with Crippen LogP contribution in [-0.2, 0) is 0 Å².